The summed E-state index contributed by atoms with van der Waals surface area (Å²) in [5.74, 6) is 2.19. The number of benzene rings is 1. The molecule has 1 aromatic rings. The lowest BCUT2D eigenvalue weighted by Gasteiger charge is -2.28. The molecule has 1 saturated carbocycles. The van der Waals surface area contributed by atoms with E-state index in [2.05, 4.69) is 49.5 Å². The first-order valence-electron chi connectivity index (χ1n) is 8.21. The van der Waals surface area contributed by atoms with Gasteiger partial charge in [-0.15, -0.1) is 0 Å². The Balaban J connectivity index is 1.68. The molecule has 0 radical (unpaired) electrons. The van der Waals surface area contributed by atoms with Crippen LogP contribution in [0.4, 0.5) is 0 Å². The molecule has 2 aliphatic rings. The first-order chi connectivity index (χ1) is 9.81. The SMILES string of the molecule is CCCNC(C1CC1c1ccccc1)C1OCCC1C. The molecule has 2 nitrogen and oxygen atoms in total. The molecule has 1 aromatic carbocycles. The van der Waals surface area contributed by atoms with Crippen LogP contribution in [0.3, 0.4) is 0 Å². The quantitative estimate of drug-likeness (QED) is 0.855. The molecule has 110 valence electrons. The smallest absolute Gasteiger partial charge is 0.0757 e. The zero-order valence-electron chi connectivity index (χ0n) is 12.7. The lowest BCUT2D eigenvalue weighted by Crippen LogP contribution is -2.44. The van der Waals surface area contributed by atoms with Crippen molar-refractivity contribution >= 4 is 0 Å². The van der Waals surface area contributed by atoms with Crippen LogP contribution in [0.2, 0.25) is 0 Å². The number of rotatable bonds is 6. The number of ether oxygens (including phenoxy) is 1. The van der Waals surface area contributed by atoms with E-state index in [4.69, 9.17) is 4.74 Å². The van der Waals surface area contributed by atoms with Crippen LogP contribution in [-0.2, 0) is 4.74 Å². The first-order valence-corrected chi connectivity index (χ1v) is 8.21. The van der Waals surface area contributed by atoms with Crippen LogP contribution in [0.1, 0.15) is 44.6 Å². The van der Waals surface area contributed by atoms with E-state index < -0.39 is 0 Å². The molecule has 3 rings (SSSR count). The Morgan fingerprint density at radius 1 is 1.30 bits per heavy atom. The summed E-state index contributed by atoms with van der Waals surface area (Å²) in [7, 11) is 0. The molecule has 1 heterocycles. The molecular weight excluding hydrogens is 246 g/mol. The number of nitrogens with one attached hydrogen (secondary N) is 1. The molecular formula is C18H27NO. The summed E-state index contributed by atoms with van der Waals surface area (Å²) in [5.41, 5.74) is 1.51. The van der Waals surface area contributed by atoms with Crippen molar-refractivity contribution in [3.63, 3.8) is 0 Å². The molecule has 1 aliphatic heterocycles. The highest BCUT2D eigenvalue weighted by Crippen LogP contribution is 2.51. The van der Waals surface area contributed by atoms with Gasteiger partial charge in [-0.05, 0) is 49.1 Å². The van der Waals surface area contributed by atoms with E-state index >= 15 is 0 Å². The van der Waals surface area contributed by atoms with Gasteiger partial charge in [0, 0.05) is 12.6 Å². The standard InChI is InChI=1S/C18H27NO/c1-3-10-19-17(18-13(2)9-11-20-18)16-12-15(16)14-7-5-4-6-8-14/h4-8,13,15-19H,3,9-12H2,1-2H3. The van der Waals surface area contributed by atoms with E-state index in [-0.39, 0.29) is 0 Å². The highest BCUT2D eigenvalue weighted by atomic mass is 16.5. The Morgan fingerprint density at radius 2 is 2.10 bits per heavy atom. The highest BCUT2D eigenvalue weighted by Gasteiger charge is 2.48. The Kier molecular flexibility index (Phi) is 4.42. The maximum absolute atomic E-state index is 6.05. The molecule has 0 aromatic heterocycles. The Labute approximate surface area is 122 Å². The molecule has 0 spiro atoms. The van der Waals surface area contributed by atoms with Crippen LogP contribution in [0.25, 0.3) is 0 Å². The zero-order valence-corrected chi connectivity index (χ0v) is 12.7. The second-order valence-electron chi connectivity index (χ2n) is 6.50. The average molecular weight is 273 g/mol. The van der Waals surface area contributed by atoms with Gasteiger partial charge in [-0.1, -0.05) is 44.2 Å². The van der Waals surface area contributed by atoms with Crippen molar-refractivity contribution in [3.8, 4) is 0 Å². The third kappa shape index (κ3) is 2.91. The van der Waals surface area contributed by atoms with Gasteiger partial charge < -0.3 is 10.1 Å². The normalized spacial score (nSPS) is 34.1. The van der Waals surface area contributed by atoms with Crippen molar-refractivity contribution in [2.75, 3.05) is 13.2 Å². The zero-order chi connectivity index (χ0) is 13.9. The van der Waals surface area contributed by atoms with E-state index in [0.717, 1.165) is 25.0 Å². The van der Waals surface area contributed by atoms with E-state index in [1.807, 2.05) is 0 Å². The van der Waals surface area contributed by atoms with Crippen LogP contribution >= 0.6 is 0 Å². The number of hydrogen-bond acceptors (Lipinski definition) is 2. The molecule has 5 unspecified atom stereocenters. The third-order valence-corrected chi connectivity index (χ3v) is 4.96. The molecule has 2 fully saturated rings. The summed E-state index contributed by atoms with van der Waals surface area (Å²) in [4.78, 5) is 0. The fraction of sp³-hybridized carbons (Fsp3) is 0.667. The number of hydrogen-bond donors (Lipinski definition) is 1. The minimum atomic E-state index is 0.417. The van der Waals surface area contributed by atoms with Crippen molar-refractivity contribution < 1.29 is 4.74 Å². The third-order valence-electron chi connectivity index (χ3n) is 4.96. The van der Waals surface area contributed by atoms with Gasteiger partial charge in [0.2, 0.25) is 0 Å². The molecule has 20 heavy (non-hydrogen) atoms. The van der Waals surface area contributed by atoms with Crippen molar-refractivity contribution in [3.05, 3.63) is 35.9 Å². The van der Waals surface area contributed by atoms with Gasteiger partial charge in [0.25, 0.3) is 0 Å². The molecule has 0 amide bonds. The summed E-state index contributed by atoms with van der Waals surface area (Å²) in [6.07, 6.45) is 4.15. The maximum atomic E-state index is 6.05. The fourth-order valence-electron chi connectivity index (χ4n) is 3.69. The van der Waals surface area contributed by atoms with Crippen molar-refractivity contribution in [2.24, 2.45) is 11.8 Å². The van der Waals surface area contributed by atoms with Gasteiger partial charge in [-0.25, -0.2) is 0 Å². The van der Waals surface area contributed by atoms with Gasteiger partial charge in [0.15, 0.2) is 0 Å². The van der Waals surface area contributed by atoms with Crippen molar-refractivity contribution in [2.45, 2.75) is 51.2 Å². The van der Waals surface area contributed by atoms with E-state index in [1.54, 1.807) is 0 Å². The predicted molar refractivity (Wildman–Crippen MR) is 82.9 cm³/mol. The lowest BCUT2D eigenvalue weighted by molar-refractivity contribution is 0.0533. The van der Waals surface area contributed by atoms with Crippen LogP contribution in [0.15, 0.2) is 30.3 Å². The summed E-state index contributed by atoms with van der Waals surface area (Å²) < 4.78 is 6.05. The fourth-order valence-corrected chi connectivity index (χ4v) is 3.69. The molecule has 2 heteroatoms. The molecule has 0 bridgehead atoms. The van der Waals surface area contributed by atoms with Crippen molar-refractivity contribution in [1.29, 1.82) is 0 Å². The van der Waals surface area contributed by atoms with Crippen molar-refractivity contribution in [1.82, 2.24) is 5.32 Å². The minimum absolute atomic E-state index is 0.417. The maximum Gasteiger partial charge on any atom is 0.0757 e. The highest BCUT2D eigenvalue weighted by molar-refractivity contribution is 5.27. The largest absolute Gasteiger partial charge is 0.376 e. The second-order valence-corrected chi connectivity index (χ2v) is 6.50. The van der Waals surface area contributed by atoms with Gasteiger partial charge in [0.05, 0.1) is 6.10 Å². The average Bonchev–Trinajstić information content (AvgIpc) is 3.16. The molecule has 1 saturated heterocycles. The summed E-state index contributed by atoms with van der Waals surface area (Å²) in [5, 5.41) is 3.78. The molecule has 1 aliphatic carbocycles. The van der Waals surface area contributed by atoms with Crippen LogP contribution in [-0.4, -0.2) is 25.3 Å². The topological polar surface area (TPSA) is 21.3 Å². The first kappa shape index (κ1) is 14.1. The van der Waals surface area contributed by atoms with E-state index in [0.29, 0.717) is 18.1 Å². The van der Waals surface area contributed by atoms with E-state index in [1.165, 1.54) is 24.8 Å². The monoisotopic (exact) mass is 273 g/mol. The Hall–Kier alpha value is -0.860. The summed E-state index contributed by atoms with van der Waals surface area (Å²) >= 11 is 0. The van der Waals surface area contributed by atoms with E-state index in [9.17, 15) is 0 Å². The van der Waals surface area contributed by atoms with Gasteiger partial charge in [0.1, 0.15) is 0 Å². The second kappa shape index (κ2) is 6.28. The minimum Gasteiger partial charge on any atom is -0.376 e. The van der Waals surface area contributed by atoms with Gasteiger partial charge in [-0.3, -0.25) is 0 Å². The summed E-state index contributed by atoms with van der Waals surface area (Å²) in [6, 6.07) is 11.5. The molecule has 1 N–H and O–H groups in total. The van der Waals surface area contributed by atoms with Gasteiger partial charge in [-0.2, -0.15) is 0 Å². The van der Waals surface area contributed by atoms with Crippen LogP contribution in [0.5, 0.6) is 0 Å². The lowest BCUT2D eigenvalue weighted by atomic mass is 9.92. The van der Waals surface area contributed by atoms with Gasteiger partial charge >= 0.3 is 0 Å². The predicted octanol–water partition coefficient (Wildman–Crippen LogP) is 3.58. The Morgan fingerprint density at radius 3 is 2.75 bits per heavy atom. The van der Waals surface area contributed by atoms with Crippen LogP contribution in [0, 0.1) is 11.8 Å². The molecule has 5 atom stereocenters. The summed E-state index contributed by atoms with van der Waals surface area (Å²) in [6.45, 7) is 6.64. The Bertz CT molecular complexity index is 419. The van der Waals surface area contributed by atoms with Crippen LogP contribution < -0.4 is 5.32 Å².